The maximum Gasteiger partial charge on any atom is 0.170 e. The molecule has 3 nitrogen and oxygen atoms in total. The molecular weight excluding hydrogens is 561 g/mol. The Balaban J connectivity index is 1.30. The summed E-state index contributed by atoms with van der Waals surface area (Å²) in [5.74, 6) is 2.33. The molecule has 4 rings (SSSR count). The molecule has 1 unspecified atom stereocenters. The van der Waals surface area contributed by atoms with E-state index in [9.17, 15) is 0 Å². The first-order chi connectivity index (χ1) is 21.8. The Hall–Kier alpha value is -2.11. The Morgan fingerprint density at radius 3 is 1.52 bits per heavy atom. The monoisotopic (exact) mass is 617 g/mol. The van der Waals surface area contributed by atoms with Gasteiger partial charge in [0.15, 0.2) is 5.25 Å². The lowest BCUT2D eigenvalue weighted by Crippen LogP contribution is -2.39. The van der Waals surface area contributed by atoms with Gasteiger partial charge in [-0.25, -0.2) is 0 Å². The normalized spacial score (nSPS) is 19.8. The molecule has 4 heteroatoms. The van der Waals surface area contributed by atoms with Crippen LogP contribution in [0.15, 0.2) is 91.0 Å². The molecule has 0 bridgehead atoms. The van der Waals surface area contributed by atoms with E-state index in [1.54, 1.807) is 0 Å². The zero-order valence-corrected chi connectivity index (χ0v) is 28.1. The second kappa shape index (κ2) is 21.6. The van der Waals surface area contributed by atoms with E-state index >= 15 is 0 Å². The van der Waals surface area contributed by atoms with Gasteiger partial charge in [-0.2, -0.15) is 0 Å². The quantitative estimate of drug-likeness (QED) is 0.0783. The minimum Gasteiger partial charge on any atom is -0.371 e. The fourth-order valence-corrected chi connectivity index (χ4v) is 9.10. The fraction of sp³-hybridized carbons (Fsp3) is 0.550. The van der Waals surface area contributed by atoms with Gasteiger partial charge in [0.05, 0.1) is 26.4 Å². The average Bonchev–Trinajstić information content (AvgIpc) is 3.40. The molecule has 44 heavy (non-hydrogen) atoms. The smallest absolute Gasteiger partial charge is 0.170 e. The van der Waals surface area contributed by atoms with Crippen LogP contribution in [0.2, 0.25) is 0 Å². The maximum atomic E-state index is 6.75. The topological polar surface area (TPSA) is 27.7 Å². The first kappa shape index (κ1) is 34.8. The van der Waals surface area contributed by atoms with Crippen molar-refractivity contribution in [3.8, 4) is 0 Å². The number of hydrogen-bond donors (Lipinski definition) is 0. The summed E-state index contributed by atoms with van der Waals surface area (Å²) in [7, 11) is 0.212. The standard InChI is InChI=1S/C40H57O3S/c1-2-3-4-5-6-7-8-9-10-11-12-22-29-44-34-38(42-31-36-25-18-14-19-26-36)40(43-32-37-27-20-15-21-28-37)39(44)33-41-30-35-23-16-13-17-24-35/h13-21,23-28,38-40H,2-12,22,29-34H2,1H3/q+1/t38-,39-,40+,44?/m1/s1. The molecule has 0 aliphatic carbocycles. The highest BCUT2D eigenvalue weighted by Crippen LogP contribution is 2.32. The van der Waals surface area contributed by atoms with Crippen LogP contribution in [-0.2, 0) is 44.9 Å². The average molecular weight is 618 g/mol. The summed E-state index contributed by atoms with van der Waals surface area (Å²) < 4.78 is 19.8. The lowest BCUT2D eigenvalue weighted by Gasteiger charge is -2.22. The predicted octanol–water partition coefficient (Wildman–Crippen LogP) is 10.1. The Morgan fingerprint density at radius 2 is 1.00 bits per heavy atom. The zero-order chi connectivity index (χ0) is 30.5. The van der Waals surface area contributed by atoms with Crippen molar-refractivity contribution in [3.63, 3.8) is 0 Å². The van der Waals surface area contributed by atoms with Gasteiger partial charge in [-0.1, -0.05) is 162 Å². The summed E-state index contributed by atoms with van der Waals surface area (Å²) in [5, 5.41) is 0.357. The van der Waals surface area contributed by atoms with Gasteiger partial charge in [0.1, 0.15) is 23.7 Å². The van der Waals surface area contributed by atoms with Gasteiger partial charge in [-0.05, 0) is 40.4 Å². The molecule has 0 aromatic heterocycles. The first-order valence-electron chi connectivity index (χ1n) is 17.4. The van der Waals surface area contributed by atoms with Crippen LogP contribution in [0, 0.1) is 0 Å². The van der Waals surface area contributed by atoms with Gasteiger partial charge in [0.2, 0.25) is 0 Å². The van der Waals surface area contributed by atoms with Gasteiger partial charge in [0, 0.05) is 0 Å². The van der Waals surface area contributed by atoms with Crippen molar-refractivity contribution in [2.45, 2.75) is 121 Å². The van der Waals surface area contributed by atoms with E-state index in [1.165, 1.54) is 99.5 Å². The summed E-state index contributed by atoms with van der Waals surface area (Å²) in [5.41, 5.74) is 3.66. The molecule has 1 aliphatic heterocycles. The molecule has 4 atom stereocenters. The van der Waals surface area contributed by atoms with E-state index in [-0.39, 0.29) is 23.1 Å². The zero-order valence-electron chi connectivity index (χ0n) is 27.3. The second-order valence-corrected chi connectivity index (χ2v) is 14.9. The maximum absolute atomic E-state index is 6.75. The van der Waals surface area contributed by atoms with Crippen molar-refractivity contribution in [2.24, 2.45) is 0 Å². The summed E-state index contributed by atoms with van der Waals surface area (Å²) in [4.78, 5) is 0. The Kier molecular flexibility index (Phi) is 17.1. The van der Waals surface area contributed by atoms with Crippen LogP contribution < -0.4 is 0 Å². The Bertz CT molecular complexity index is 1090. The van der Waals surface area contributed by atoms with Crippen molar-refractivity contribution in [1.29, 1.82) is 0 Å². The van der Waals surface area contributed by atoms with Crippen LogP contribution >= 0.6 is 0 Å². The molecule has 1 aliphatic rings. The molecule has 0 N–H and O–H groups in total. The fourth-order valence-electron chi connectivity index (χ4n) is 6.18. The minimum absolute atomic E-state index is 0.0374. The SMILES string of the molecule is CCCCCCCCCCCCCC[S+]1C[C@@H](OCc2ccccc2)[C@H](OCc2ccccc2)[C@H]1COCc1ccccc1. The summed E-state index contributed by atoms with van der Waals surface area (Å²) in [6.07, 6.45) is 16.8. The summed E-state index contributed by atoms with van der Waals surface area (Å²) in [6.45, 7) is 4.91. The van der Waals surface area contributed by atoms with Crippen molar-refractivity contribution in [1.82, 2.24) is 0 Å². The molecule has 240 valence electrons. The molecule has 1 fully saturated rings. The van der Waals surface area contributed by atoms with Crippen LogP contribution in [0.3, 0.4) is 0 Å². The van der Waals surface area contributed by atoms with Crippen molar-refractivity contribution < 1.29 is 14.2 Å². The van der Waals surface area contributed by atoms with E-state index in [2.05, 4.69) is 97.9 Å². The lowest BCUT2D eigenvalue weighted by atomic mass is 10.1. The largest absolute Gasteiger partial charge is 0.371 e. The van der Waals surface area contributed by atoms with Crippen LogP contribution in [0.25, 0.3) is 0 Å². The third kappa shape index (κ3) is 13.1. The van der Waals surface area contributed by atoms with Gasteiger partial charge < -0.3 is 14.2 Å². The van der Waals surface area contributed by atoms with Crippen LogP contribution in [0.5, 0.6) is 0 Å². The highest BCUT2D eigenvalue weighted by molar-refractivity contribution is 7.97. The molecule has 3 aromatic carbocycles. The van der Waals surface area contributed by atoms with Gasteiger partial charge in [0.25, 0.3) is 0 Å². The molecule has 1 saturated heterocycles. The predicted molar refractivity (Wildman–Crippen MR) is 188 cm³/mol. The second-order valence-electron chi connectivity index (χ2n) is 12.4. The van der Waals surface area contributed by atoms with Crippen molar-refractivity contribution in [2.75, 3.05) is 18.1 Å². The van der Waals surface area contributed by atoms with Gasteiger partial charge in [-0.3, -0.25) is 0 Å². The van der Waals surface area contributed by atoms with E-state index in [1.807, 2.05) is 0 Å². The number of hydrogen-bond acceptors (Lipinski definition) is 3. The van der Waals surface area contributed by atoms with Crippen LogP contribution in [-0.4, -0.2) is 35.6 Å². The van der Waals surface area contributed by atoms with Gasteiger partial charge >= 0.3 is 0 Å². The van der Waals surface area contributed by atoms with E-state index in [0.29, 0.717) is 25.1 Å². The number of ether oxygens (including phenoxy) is 3. The summed E-state index contributed by atoms with van der Waals surface area (Å²) >= 11 is 0. The molecular formula is C40H57O3S+. The minimum atomic E-state index is 0.0374. The van der Waals surface area contributed by atoms with Crippen molar-refractivity contribution >= 4 is 10.9 Å². The van der Waals surface area contributed by atoms with E-state index in [0.717, 1.165) is 12.4 Å². The Labute approximate surface area is 271 Å². The molecule has 3 aromatic rings. The molecule has 0 amide bonds. The van der Waals surface area contributed by atoms with E-state index < -0.39 is 0 Å². The Morgan fingerprint density at radius 1 is 0.545 bits per heavy atom. The highest BCUT2D eigenvalue weighted by Gasteiger charge is 2.52. The third-order valence-corrected chi connectivity index (χ3v) is 11.6. The van der Waals surface area contributed by atoms with Crippen molar-refractivity contribution in [3.05, 3.63) is 108 Å². The number of unbranched alkanes of at least 4 members (excludes halogenated alkanes) is 11. The summed E-state index contributed by atoms with van der Waals surface area (Å²) in [6, 6.07) is 31.7. The molecule has 0 radical (unpaired) electrons. The van der Waals surface area contributed by atoms with Crippen LogP contribution in [0.1, 0.15) is 101 Å². The van der Waals surface area contributed by atoms with Crippen LogP contribution in [0.4, 0.5) is 0 Å². The first-order valence-corrected chi connectivity index (χ1v) is 19.0. The molecule has 0 spiro atoms. The lowest BCUT2D eigenvalue weighted by molar-refractivity contribution is -0.0768. The highest BCUT2D eigenvalue weighted by atomic mass is 32.2. The number of rotatable bonds is 23. The number of benzene rings is 3. The molecule has 1 heterocycles. The van der Waals surface area contributed by atoms with E-state index in [4.69, 9.17) is 14.2 Å². The molecule has 0 saturated carbocycles. The van der Waals surface area contributed by atoms with Gasteiger partial charge in [-0.15, -0.1) is 0 Å². The third-order valence-electron chi connectivity index (χ3n) is 8.79.